The molecule has 0 aromatic heterocycles. The number of anilines is 1. The van der Waals surface area contributed by atoms with Crippen molar-refractivity contribution in [2.75, 3.05) is 30.0 Å². The van der Waals surface area contributed by atoms with Crippen LogP contribution in [0.2, 0.25) is 0 Å². The molecule has 5 nitrogen and oxygen atoms in total. The summed E-state index contributed by atoms with van der Waals surface area (Å²) in [6.07, 6.45) is 2.42. The molecule has 114 valence electrons. The standard InChI is InChI=1S/C14H19N3O2S2/c1-21-8-4-7-16-14(20)17-9-12(13(15)18)19-11-6-3-2-5-10(11)17/h2-3,5-6,12H,4,7-9H2,1H3,(H2,15,18)(H,16,20)/t12-/m0/s1. The van der Waals surface area contributed by atoms with Crippen LogP contribution in [0.1, 0.15) is 6.42 Å². The lowest BCUT2D eigenvalue weighted by Crippen LogP contribution is -2.52. The second-order valence-electron chi connectivity index (χ2n) is 4.67. The molecule has 21 heavy (non-hydrogen) atoms. The molecule has 1 atom stereocenters. The Hall–Kier alpha value is -1.47. The fourth-order valence-electron chi connectivity index (χ4n) is 2.08. The van der Waals surface area contributed by atoms with E-state index < -0.39 is 12.0 Å². The van der Waals surface area contributed by atoms with Gasteiger partial charge in [0.05, 0.1) is 12.2 Å². The van der Waals surface area contributed by atoms with Crippen molar-refractivity contribution < 1.29 is 9.53 Å². The molecule has 1 aromatic carbocycles. The van der Waals surface area contributed by atoms with Crippen LogP contribution in [0.15, 0.2) is 24.3 Å². The number of nitrogens with zero attached hydrogens (tertiary/aromatic N) is 1. The zero-order valence-electron chi connectivity index (χ0n) is 11.9. The van der Waals surface area contributed by atoms with E-state index in [2.05, 4.69) is 11.6 Å². The molecule has 1 aromatic rings. The summed E-state index contributed by atoms with van der Waals surface area (Å²) in [4.78, 5) is 13.3. The number of rotatable bonds is 5. The third-order valence-electron chi connectivity index (χ3n) is 3.14. The summed E-state index contributed by atoms with van der Waals surface area (Å²) in [5, 5.41) is 3.82. The summed E-state index contributed by atoms with van der Waals surface area (Å²) in [7, 11) is 0. The third-order valence-corrected chi connectivity index (χ3v) is 4.20. The van der Waals surface area contributed by atoms with Gasteiger partial charge in [0.25, 0.3) is 5.91 Å². The number of primary amides is 1. The summed E-state index contributed by atoms with van der Waals surface area (Å²) in [6, 6.07) is 7.50. The predicted molar refractivity (Wildman–Crippen MR) is 91.0 cm³/mol. The smallest absolute Gasteiger partial charge is 0.260 e. The predicted octanol–water partition coefficient (Wildman–Crippen LogP) is 1.37. The van der Waals surface area contributed by atoms with E-state index in [-0.39, 0.29) is 0 Å². The topological polar surface area (TPSA) is 67.6 Å². The fourth-order valence-corrected chi connectivity index (χ4v) is 2.79. The molecular weight excluding hydrogens is 306 g/mol. The number of amides is 1. The highest BCUT2D eigenvalue weighted by Crippen LogP contribution is 2.33. The maximum absolute atomic E-state index is 11.4. The molecule has 3 N–H and O–H groups in total. The Morgan fingerprint density at radius 2 is 2.33 bits per heavy atom. The first kappa shape index (κ1) is 15.9. The van der Waals surface area contributed by atoms with E-state index in [0.717, 1.165) is 24.4 Å². The van der Waals surface area contributed by atoms with Crippen LogP contribution in [-0.4, -0.2) is 42.2 Å². The number of hydrogen-bond acceptors (Lipinski definition) is 4. The molecule has 0 radical (unpaired) electrons. The van der Waals surface area contributed by atoms with Gasteiger partial charge in [-0.2, -0.15) is 11.8 Å². The zero-order chi connectivity index (χ0) is 15.2. The Balaban J connectivity index is 2.09. The van der Waals surface area contributed by atoms with Gasteiger partial charge in [-0.3, -0.25) is 4.79 Å². The first-order valence-electron chi connectivity index (χ1n) is 6.72. The van der Waals surface area contributed by atoms with Crippen molar-refractivity contribution in [3.05, 3.63) is 24.3 Å². The molecule has 1 aliphatic heterocycles. The van der Waals surface area contributed by atoms with E-state index in [1.807, 2.05) is 29.2 Å². The molecule has 0 aliphatic carbocycles. The van der Waals surface area contributed by atoms with Crippen molar-refractivity contribution >= 4 is 40.7 Å². The van der Waals surface area contributed by atoms with Gasteiger partial charge in [-0.1, -0.05) is 12.1 Å². The highest BCUT2D eigenvalue weighted by molar-refractivity contribution is 7.98. The van der Waals surface area contributed by atoms with Gasteiger partial charge in [0.15, 0.2) is 11.2 Å². The van der Waals surface area contributed by atoms with Gasteiger partial charge in [0.2, 0.25) is 0 Å². The number of para-hydroxylation sites is 2. The summed E-state index contributed by atoms with van der Waals surface area (Å²) in [6.45, 7) is 1.14. The molecule has 0 fully saturated rings. The van der Waals surface area contributed by atoms with Crippen LogP contribution in [0.3, 0.4) is 0 Å². The molecule has 1 heterocycles. The molecule has 7 heteroatoms. The average molecular weight is 325 g/mol. The highest BCUT2D eigenvalue weighted by atomic mass is 32.2. The van der Waals surface area contributed by atoms with Crippen LogP contribution in [-0.2, 0) is 4.79 Å². The Bertz CT molecular complexity index is 525. The van der Waals surface area contributed by atoms with Gasteiger partial charge in [-0.05, 0) is 42.8 Å². The maximum atomic E-state index is 11.4. The van der Waals surface area contributed by atoms with Gasteiger partial charge in [-0.15, -0.1) is 0 Å². The lowest BCUT2D eigenvalue weighted by atomic mass is 10.2. The number of fused-ring (bicyclic) bond motifs is 1. The van der Waals surface area contributed by atoms with Gasteiger partial charge in [0.1, 0.15) is 5.75 Å². The molecular formula is C14H19N3O2S2. The number of carbonyl (C=O) groups excluding carboxylic acids is 1. The minimum absolute atomic E-state index is 0.334. The Kier molecular flexibility index (Phi) is 5.69. The lowest BCUT2D eigenvalue weighted by molar-refractivity contribution is -0.124. The van der Waals surface area contributed by atoms with Crippen molar-refractivity contribution in [2.45, 2.75) is 12.5 Å². The summed E-state index contributed by atoms with van der Waals surface area (Å²) in [5.41, 5.74) is 6.23. The van der Waals surface area contributed by atoms with E-state index in [4.69, 9.17) is 22.7 Å². The van der Waals surface area contributed by atoms with Crippen LogP contribution in [0, 0.1) is 0 Å². The largest absolute Gasteiger partial charge is 0.477 e. The van der Waals surface area contributed by atoms with Crippen molar-refractivity contribution in [1.29, 1.82) is 0 Å². The van der Waals surface area contributed by atoms with Crippen LogP contribution >= 0.6 is 24.0 Å². The number of hydrogen-bond donors (Lipinski definition) is 2. The third kappa shape index (κ3) is 4.01. The molecule has 0 unspecified atom stereocenters. The second-order valence-corrected chi connectivity index (χ2v) is 6.04. The van der Waals surface area contributed by atoms with Crippen LogP contribution in [0.25, 0.3) is 0 Å². The van der Waals surface area contributed by atoms with Crippen molar-refractivity contribution in [2.24, 2.45) is 5.73 Å². The Morgan fingerprint density at radius 3 is 3.05 bits per heavy atom. The van der Waals surface area contributed by atoms with E-state index in [0.29, 0.717) is 17.4 Å². The second kappa shape index (κ2) is 7.51. The van der Waals surface area contributed by atoms with Crippen molar-refractivity contribution in [3.63, 3.8) is 0 Å². The lowest BCUT2D eigenvalue weighted by Gasteiger charge is -2.35. The van der Waals surface area contributed by atoms with Gasteiger partial charge >= 0.3 is 0 Å². The molecule has 1 aliphatic rings. The van der Waals surface area contributed by atoms with Crippen molar-refractivity contribution in [1.82, 2.24) is 5.32 Å². The Morgan fingerprint density at radius 1 is 1.57 bits per heavy atom. The number of ether oxygens (including phenoxy) is 1. The molecule has 0 spiro atoms. The van der Waals surface area contributed by atoms with Crippen LogP contribution in [0.5, 0.6) is 5.75 Å². The summed E-state index contributed by atoms with van der Waals surface area (Å²) >= 11 is 7.24. The van der Waals surface area contributed by atoms with Gasteiger partial charge in [0, 0.05) is 6.54 Å². The highest BCUT2D eigenvalue weighted by Gasteiger charge is 2.30. The minimum atomic E-state index is -0.689. The molecule has 0 saturated carbocycles. The summed E-state index contributed by atoms with van der Waals surface area (Å²) in [5.74, 6) is 1.22. The Labute approximate surface area is 134 Å². The molecule has 0 bridgehead atoms. The quantitative estimate of drug-likeness (QED) is 0.629. The van der Waals surface area contributed by atoms with Crippen molar-refractivity contribution in [3.8, 4) is 5.75 Å². The number of nitrogens with one attached hydrogen (secondary N) is 1. The monoisotopic (exact) mass is 325 g/mol. The number of thiocarbonyl (C=S) groups is 1. The minimum Gasteiger partial charge on any atom is -0.477 e. The first-order chi connectivity index (χ1) is 10.1. The van der Waals surface area contributed by atoms with Gasteiger partial charge in [-0.25, -0.2) is 0 Å². The fraction of sp³-hybridized carbons (Fsp3) is 0.429. The van der Waals surface area contributed by atoms with E-state index in [1.54, 1.807) is 11.8 Å². The molecule has 2 rings (SSSR count). The molecule has 1 amide bonds. The normalized spacial score (nSPS) is 16.8. The van der Waals surface area contributed by atoms with E-state index in [1.165, 1.54) is 0 Å². The SMILES string of the molecule is CSCCCNC(=S)N1C[C@@H](C(N)=O)Oc2ccccc21. The first-order valence-corrected chi connectivity index (χ1v) is 8.53. The van der Waals surface area contributed by atoms with Crippen LogP contribution < -0.4 is 20.7 Å². The van der Waals surface area contributed by atoms with Crippen LogP contribution in [0.4, 0.5) is 5.69 Å². The van der Waals surface area contributed by atoms with E-state index in [9.17, 15) is 4.79 Å². The number of thioether (sulfide) groups is 1. The molecule has 0 saturated heterocycles. The van der Waals surface area contributed by atoms with Gasteiger partial charge < -0.3 is 20.7 Å². The number of benzene rings is 1. The average Bonchev–Trinajstić information content (AvgIpc) is 2.50. The number of nitrogens with two attached hydrogens (primary N) is 1. The number of carbonyl (C=O) groups is 1. The van der Waals surface area contributed by atoms with E-state index >= 15 is 0 Å². The summed E-state index contributed by atoms with van der Waals surface area (Å²) < 4.78 is 5.61. The maximum Gasteiger partial charge on any atom is 0.260 e. The zero-order valence-corrected chi connectivity index (χ0v) is 13.5.